The number of hydrogen-bond acceptors (Lipinski definition) is 4. The Hall–Kier alpha value is -1.81. The summed E-state index contributed by atoms with van der Waals surface area (Å²) < 4.78 is 67.4. The summed E-state index contributed by atoms with van der Waals surface area (Å²) in [7, 11) is 1.25. The van der Waals surface area contributed by atoms with Gasteiger partial charge >= 0.3 is 6.36 Å². The Balaban J connectivity index is 2.02. The van der Waals surface area contributed by atoms with Crippen molar-refractivity contribution in [3.05, 3.63) is 28.5 Å². The maximum absolute atomic E-state index is 13.1. The van der Waals surface area contributed by atoms with Crippen molar-refractivity contribution >= 4 is 15.9 Å². The van der Waals surface area contributed by atoms with Gasteiger partial charge in [-0.15, -0.1) is 13.2 Å². The van der Waals surface area contributed by atoms with Crippen LogP contribution in [0.1, 0.15) is 5.69 Å². The molecule has 0 amide bonds. The second kappa shape index (κ2) is 7.43. The van der Waals surface area contributed by atoms with E-state index in [1.807, 2.05) is 0 Å². The molecule has 26 heavy (non-hydrogen) atoms. The van der Waals surface area contributed by atoms with Crippen molar-refractivity contribution in [3.63, 3.8) is 0 Å². The third-order valence-electron chi connectivity index (χ3n) is 3.92. The smallest absolute Gasteiger partial charge is 0.493 e. The summed E-state index contributed by atoms with van der Waals surface area (Å²) in [6, 6.07) is 4.01. The summed E-state index contributed by atoms with van der Waals surface area (Å²) >= 11 is 3.38. The van der Waals surface area contributed by atoms with E-state index < -0.39 is 24.9 Å². The average molecular weight is 439 g/mol. The normalized spacial score (nSPS) is 17.5. The van der Waals surface area contributed by atoms with Gasteiger partial charge in [-0.3, -0.25) is 0 Å². The molecule has 10 heteroatoms. The molecule has 0 saturated carbocycles. The van der Waals surface area contributed by atoms with Gasteiger partial charge in [0.1, 0.15) is 23.2 Å². The zero-order valence-electron chi connectivity index (χ0n) is 13.6. The SMILES string of the molecule is COc1cc(-c2nc(Br)c3n2CC(CF)OCC3)ccc1OC(F)(F)F. The average Bonchev–Trinajstić information content (AvgIpc) is 2.77. The van der Waals surface area contributed by atoms with E-state index in [2.05, 4.69) is 25.7 Å². The molecule has 0 radical (unpaired) electrons. The van der Waals surface area contributed by atoms with Gasteiger partial charge in [0.2, 0.25) is 0 Å². The van der Waals surface area contributed by atoms with Crippen LogP contribution in [0.4, 0.5) is 17.6 Å². The van der Waals surface area contributed by atoms with E-state index >= 15 is 0 Å². The first kappa shape index (κ1) is 19.0. The van der Waals surface area contributed by atoms with Crippen molar-refractivity contribution in [3.8, 4) is 22.9 Å². The van der Waals surface area contributed by atoms with Crippen LogP contribution >= 0.6 is 15.9 Å². The van der Waals surface area contributed by atoms with E-state index in [1.54, 1.807) is 4.57 Å². The highest BCUT2D eigenvalue weighted by molar-refractivity contribution is 9.10. The summed E-state index contributed by atoms with van der Waals surface area (Å²) in [5, 5.41) is 0. The van der Waals surface area contributed by atoms with Crippen LogP contribution in [0.3, 0.4) is 0 Å². The number of rotatable bonds is 4. The van der Waals surface area contributed by atoms with Crippen molar-refractivity contribution in [2.24, 2.45) is 0 Å². The molecule has 1 aliphatic heterocycles. The number of nitrogens with zero attached hydrogens (tertiary/aromatic N) is 2. The molecule has 5 nitrogen and oxygen atoms in total. The number of methoxy groups -OCH3 is 1. The lowest BCUT2D eigenvalue weighted by atomic mass is 10.2. The minimum absolute atomic E-state index is 0.0831. The van der Waals surface area contributed by atoms with Crippen LogP contribution in [0.5, 0.6) is 11.5 Å². The molecule has 0 spiro atoms. The lowest BCUT2D eigenvalue weighted by molar-refractivity contribution is -0.275. The van der Waals surface area contributed by atoms with Crippen LogP contribution < -0.4 is 9.47 Å². The Labute approximate surface area is 155 Å². The van der Waals surface area contributed by atoms with Gasteiger partial charge in [-0.2, -0.15) is 0 Å². The monoisotopic (exact) mass is 438 g/mol. The predicted octanol–water partition coefficient (Wildman–Crippen LogP) is 4.13. The Bertz CT molecular complexity index is 795. The fourth-order valence-electron chi connectivity index (χ4n) is 2.80. The molecule has 1 aromatic carbocycles. The van der Waals surface area contributed by atoms with E-state index in [9.17, 15) is 17.6 Å². The molecule has 0 bridgehead atoms. The molecular weight excluding hydrogens is 424 g/mol. The highest BCUT2D eigenvalue weighted by Crippen LogP contribution is 2.37. The molecule has 0 fully saturated rings. The van der Waals surface area contributed by atoms with Crippen molar-refractivity contribution in [2.45, 2.75) is 25.4 Å². The van der Waals surface area contributed by atoms with Gasteiger partial charge in [0.25, 0.3) is 0 Å². The molecule has 1 atom stereocenters. The third kappa shape index (κ3) is 3.96. The molecule has 0 aliphatic carbocycles. The lowest BCUT2D eigenvalue weighted by Gasteiger charge is -2.16. The quantitative estimate of drug-likeness (QED) is 0.673. The van der Waals surface area contributed by atoms with Crippen LogP contribution in [-0.2, 0) is 17.7 Å². The molecule has 142 valence electrons. The molecule has 3 rings (SSSR count). The number of hydrogen-bond donors (Lipinski definition) is 0. The molecule has 1 aliphatic rings. The molecule has 1 aromatic heterocycles. The van der Waals surface area contributed by atoms with Crippen molar-refractivity contribution < 1.29 is 31.8 Å². The van der Waals surface area contributed by atoms with E-state index in [0.717, 1.165) is 11.8 Å². The van der Waals surface area contributed by atoms with Crippen LogP contribution in [-0.4, -0.2) is 42.4 Å². The highest BCUT2D eigenvalue weighted by Gasteiger charge is 2.33. The van der Waals surface area contributed by atoms with E-state index in [4.69, 9.17) is 9.47 Å². The zero-order chi connectivity index (χ0) is 18.9. The largest absolute Gasteiger partial charge is 0.573 e. The van der Waals surface area contributed by atoms with Crippen LogP contribution in [0, 0.1) is 0 Å². The summed E-state index contributed by atoms with van der Waals surface area (Å²) in [5.74, 6) is -0.0525. The van der Waals surface area contributed by atoms with Gasteiger partial charge in [-0.05, 0) is 34.1 Å². The van der Waals surface area contributed by atoms with E-state index in [0.29, 0.717) is 29.0 Å². The Kier molecular flexibility index (Phi) is 5.42. The summed E-state index contributed by atoms with van der Waals surface area (Å²) in [5.41, 5.74) is 1.35. The first-order valence-electron chi connectivity index (χ1n) is 7.69. The van der Waals surface area contributed by atoms with Crippen LogP contribution in [0.25, 0.3) is 11.4 Å². The third-order valence-corrected chi connectivity index (χ3v) is 4.56. The maximum atomic E-state index is 13.1. The second-order valence-corrected chi connectivity index (χ2v) is 6.35. The van der Waals surface area contributed by atoms with Gasteiger partial charge in [0, 0.05) is 12.0 Å². The minimum Gasteiger partial charge on any atom is -0.493 e. The zero-order valence-corrected chi connectivity index (χ0v) is 15.2. The topological polar surface area (TPSA) is 45.5 Å². The predicted molar refractivity (Wildman–Crippen MR) is 88.0 cm³/mol. The van der Waals surface area contributed by atoms with Crippen LogP contribution in [0.15, 0.2) is 22.8 Å². The number of ether oxygens (including phenoxy) is 3. The Morgan fingerprint density at radius 3 is 2.77 bits per heavy atom. The van der Waals surface area contributed by atoms with Gasteiger partial charge in [-0.25, -0.2) is 9.37 Å². The van der Waals surface area contributed by atoms with Crippen molar-refractivity contribution in [1.82, 2.24) is 9.55 Å². The molecule has 0 N–H and O–H groups in total. The number of imidazole rings is 1. The van der Waals surface area contributed by atoms with Gasteiger partial charge in [0.05, 0.1) is 26.0 Å². The molecule has 2 aromatic rings. The molecular formula is C16H15BrF4N2O3. The fraction of sp³-hybridized carbons (Fsp3) is 0.438. The first-order chi connectivity index (χ1) is 12.3. The second-order valence-electron chi connectivity index (χ2n) is 5.59. The van der Waals surface area contributed by atoms with Gasteiger partial charge in [0.15, 0.2) is 11.5 Å². The maximum Gasteiger partial charge on any atom is 0.573 e. The van der Waals surface area contributed by atoms with E-state index in [1.165, 1.54) is 19.2 Å². The number of benzene rings is 1. The number of halogens is 5. The lowest BCUT2D eigenvalue weighted by Crippen LogP contribution is -2.21. The van der Waals surface area contributed by atoms with Crippen molar-refractivity contribution in [2.75, 3.05) is 20.4 Å². The number of aromatic nitrogens is 2. The number of fused-ring (bicyclic) bond motifs is 1. The Morgan fingerprint density at radius 2 is 2.12 bits per heavy atom. The van der Waals surface area contributed by atoms with E-state index in [-0.39, 0.29) is 12.3 Å². The van der Waals surface area contributed by atoms with Crippen molar-refractivity contribution in [1.29, 1.82) is 0 Å². The van der Waals surface area contributed by atoms with Gasteiger partial charge in [-0.1, -0.05) is 0 Å². The number of alkyl halides is 4. The summed E-state index contributed by atoms with van der Waals surface area (Å²) in [4.78, 5) is 4.44. The molecule has 1 unspecified atom stereocenters. The summed E-state index contributed by atoms with van der Waals surface area (Å²) in [6.45, 7) is -0.0285. The first-order valence-corrected chi connectivity index (χ1v) is 8.48. The van der Waals surface area contributed by atoms with Gasteiger partial charge < -0.3 is 18.8 Å². The molecule has 2 heterocycles. The fourth-order valence-corrected chi connectivity index (χ4v) is 3.38. The Morgan fingerprint density at radius 1 is 1.35 bits per heavy atom. The summed E-state index contributed by atoms with van der Waals surface area (Å²) in [6.07, 6.45) is -4.89. The van der Waals surface area contributed by atoms with Crippen LogP contribution in [0.2, 0.25) is 0 Å². The molecule has 0 saturated heterocycles. The highest BCUT2D eigenvalue weighted by atomic mass is 79.9. The minimum atomic E-state index is -4.83. The standard InChI is InChI=1S/C16H15BrF4N2O3/c1-24-13-6-9(2-3-12(13)26-16(19,20)21)15-22-14(17)11-4-5-25-10(7-18)8-23(11)15/h2-3,6,10H,4-5,7-8H2,1H3.